The minimum absolute atomic E-state index is 0. The first-order valence-corrected chi connectivity index (χ1v) is 15.2. The summed E-state index contributed by atoms with van der Waals surface area (Å²) in [7, 11) is -9.48. The smallest absolute Gasteiger partial charge is 1.00 e. The summed E-state index contributed by atoms with van der Waals surface area (Å²) in [6.45, 7) is -1.28. The minimum Gasteiger partial charge on any atom is -1.00 e. The molecule has 0 saturated carbocycles. The van der Waals surface area contributed by atoms with Crippen LogP contribution in [0.1, 0.15) is 36.2 Å². The first kappa shape index (κ1) is 46.0. The van der Waals surface area contributed by atoms with Gasteiger partial charge in [-0.1, -0.05) is 22.3 Å². The van der Waals surface area contributed by atoms with Crippen molar-refractivity contribution in [2.45, 2.75) is 71.4 Å². The Morgan fingerprint density at radius 3 is 1.79 bits per heavy atom. The number of phosphoric acid groups is 2. The van der Waals surface area contributed by atoms with Crippen LogP contribution in [-0.4, -0.2) is 119 Å². The van der Waals surface area contributed by atoms with E-state index in [4.69, 9.17) is 34.8 Å². The third-order valence-corrected chi connectivity index (χ3v) is 7.22. The largest absolute Gasteiger partial charge is 1.00 e. The molecule has 2 aliphatic rings. The number of aromatic nitrogens is 6. The molecule has 11 N–H and O–H groups in total. The second kappa shape index (κ2) is 18.3. The number of aromatic amines is 1. The third kappa shape index (κ3) is 11.0. The van der Waals surface area contributed by atoms with E-state index in [-0.39, 0.29) is 70.2 Å². The van der Waals surface area contributed by atoms with Crippen LogP contribution in [0.2, 0.25) is 0 Å². The van der Waals surface area contributed by atoms with E-state index in [1.807, 2.05) is 0 Å². The van der Waals surface area contributed by atoms with E-state index >= 15 is 0 Å². The molecule has 0 amide bonds. The number of fused-ring (bicyclic) bond motifs is 1. The second-order valence-corrected chi connectivity index (χ2v) is 11.7. The number of H-pyrrole nitrogens is 1. The third-order valence-electron chi connectivity index (χ3n) is 6.25. The molecule has 0 aromatic carbocycles. The predicted molar refractivity (Wildman–Crippen MR) is 160 cm³/mol. The fourth-order valence-electron chi connectivity index (χ4n) is 4.20. The van der Waals surface area contributed by atoms with Crippen molar-refractivity contribution in [3.8, 4) is 0 Å². The monoisotopic (exact) mass is 743 g/mol. The Morgan fingerprint density at radius 1 is 0.854 bits per heavy atom. The molecule has 23 nitrogen and oxygen atoms in total. The van der Waals surface area contributed by atoms with Crippen LogP contribution in [0, 0.1) is 0 Å². The first-order chi connectivity index (χ1) is 20.5. The molecule has 8 atom stereocenters. The number of aliphatic hydroxyl groups is 4. The molecule has 0 unspecified atom stereocenters. The first-order valence-electron chi connectivity index (χ1n) is 12.1. The van der Waals surface area contributed by atoms with Crippen LogP contribution < -0.4 is 46.5 Å². The number of aliphatic hydroxyl groups excluding tert-OH is 4. The van der Waals surface area contributed by atoms with Gasteiger partial charge in [-0.15, -0.1) is 0 Å². The second-order valence-electron chi connectivity index (χ2n) is 9.26. The van der Waals surface area contributed by atoms with Gasteiger partial charge in [0.2, 0.25) is 0 Å². The van der Waals surface area contributed by atoms with E-state index < -0.39 is 89.2 Å². The Hall–Kier alpha value is -1.99. The molecule has 26 heteroatoms. The zero-order chi connectivity index (χ0) is 32.6. The number of rotatable bonds is 8. The van der Waals surface area contributed by atoms with E-state index in [1.54, 1.807) is 0 Å². The molecule has 3 aromatic heterocycles. The summed E-state index contributed by atoms with van der Waals surface area (Å²) >= 11 is 0. The number of nitrogens with two attached hydrogens (primary N) is 1. The summed E-state index contributed by atoms with van der Waals surface area (Å²) < 4.78 is 42.5. The van der Waals surface area contributed by atoms with Crippen LogP contribution in [-0.2, 0) is 27.7 Å². The minimum atomic E-state index is -4.74. The number of nitrogen functional groups attached to an aromatic ring is 1. The molecular weight excluding hydrogens is 703 g/mol. The number of phosphoric ester groups is 2. The normalized spacial score (nSPS) is 26.7. The molecule has 0 spiro atoms. The van der Waals surface area contributed by atoms with Gasteiger partial charge in [-0.3, -0.25) is 23.0 Å². The molecule has 48 heavy (non-hydrogen) atoms. The zero-order valence-corrected chi connectivity index (χ0v) is 26.7. The van der Waals surface area contributed by atoms with E-state index in [0.29, 0.717) is 0 Å². The number of imidazole rings is 1. The standard InChI is InChI=1S/C10H13N4O8P.C9H14N3O8P.3CH4.Na.H/c15-6-4(1-21-23(18,19)20)22-10(7(6)16)14-3-13-5-8(14)11-2-12-9(5)17;10-5-1-2-12(9(15)11-5)8-7(14)6(13)4(20-8)3-19-21(16,17)18;;;;;/h2-4,6-7,10,15-16H,1H2,(H,11,12,17)(H2,18,19,20);1-2,4,6-8,13-14H,3H2,(H2,10,11,15)(H2,16,17,18);3*1H4;;/q;;;;;+1;-1/t4-,6-,7-,10-;4-,6-,7-,8-;;;;;/m11...../s1. The predicted octanol–water partition coefficient (Wildman–Crippen LogP) is -5.57. The van der Waals surface area contributed by atoms with Crippen molar-refractivity contribution in [1.82, 2.24) is 29.1 Å². The van der Waals surface area contributed by atoms with E-state index in [1.165, 1.54) is 23.2 Å². The molecule has 2 saturated heterocycles. The molecule has 5 rings (SSSR count). The maximum atomic E-state index is 11.6. The van der Waals surface area contributed by atoms with Gasteiger partial charge in [0.1, 0.15) is 42.4 Å². The molecule has 270 valence electrons. The van der Waals surface area contributed by atoms with Crippen molar-refractivity contribution < 1.29 is 98.6 Å². The summed E-state index contributed by atoms with van der Waals surface area (Å²) in [6.07, 6.45) is -7.12. The number of nitrogens with one attached hydrogen (secondary N) is 1. The molecule has 3 aromatic rings. The van der Waals surface area contributed by atoms with Gasteiger partial charge in [0.15, 0.2) is 23.6 Å². The summed E-state index contributed by atoms with van der Waals surface area (Å²) in [5.74, 6) is -0.0225. The number of anilines is 1. The van der Waals surface area contributed by atoms with Crippen molar-refractivity contribution in [3.63, 3.8) is 0 Å². The molecule has 2 fully saturated rings. The van der Waals surface area contributed by atoms with Gasteiger partial charge in [0, 0.05) is 6.20 Å². The van der Waals surface area contributed by atoms with Gasteiger partial charge < -0.3 is 61.6 Å². The van der Waals surface area contributed by atoms with Crippen LogP contribution in [0.4, 0.5) is 5.82 Å². The number of ether oxygens (including phenoxy) is 2. The van der Waals surface area contributed by atoms with Gasteiger partial charge in [-0.25, -0.2) is 23.9 Å². The number of hydrogen-bond acceptors (Lipinski definition) is 16. The van der Waals surface area contributed by atoms with E-state index in [9.17, 15) is 39.1 Å². The molecule has 0 bridgehead atoms. The van der Waals surface area contributed by atoms with Crippen LogP contribution in [0.25, 0.3) is 11.2 Å². The maximum absolute atomic E-state index is 11.6. The van der Waals surface area contributed by atoms with Gasteiger partial charge in [-0.05, 0) is 6.07 Å². The summed E-state index contributed by atoms with van der Waals surface area (Å²) in [5, 5.41) is 39.6. The maximum Gasteiger partial charge on any atom is 1.00 e. The van der Waals surface area contributed by atoms with Crippen LogP contribution in [0.5, 0.6) is 0 Å². The molecule has 2 aliphatic heterocycles. The van der Waals surface area contributed by atoms with Crippen molar-refractivity contribution in [2.24, 2.45) is 0 Å². The topological polar surface area (TPSA) is 357 Å². The Kier molecular flexibility index (Phi) is 17.5. The SMILES string of the molecule is C.C.C.Nc1ccn([C@@H]2O[C@H](COP(=O)(O)O)[C@@H](O)[C@H]2O)c(=O)n1.O=c1[nH]cnc2c1ncn2[C@@H]1O[C@H](COP(=O)(O)O)[C@@H](O)[C@H]1O.[H-].[Na+]. The Labute approximate surface area is 295 Å². The molecule has 5 heterocycles. The number of hydrogen-bond donors (Lipinski definition) is 10. The quantitative estimate of drug-likeness (QED) is 0.0759. The Morgan fingerprint density at radius 2 is 1.33 bits per heavy atom. The van der Waals surface area contributed by atoms with E-state index in [0.717, 1.165) is 10.9 Å². The van der Waals surface area contributed by atoms with Gasteiger partial charge >= 0.3 is 50.9 Å². The van der Waals surface area contributed by atoms with Gasteiger partial charge in [0.05, 0.1) is 25.9 Å². The summed E-state index contributed by atoms with van der Waals surface area (Å²) in [5.41, 5.74) is 4.19. The van der Waals surface area contributed by atoms with Crippen LogP contribution in [0.3, 0.4) is 0 Å². The fraction of sp³-hybridized carbons (Fsp3) is 0.591. The van der Waals surface area contributed by atoms with Crippen LogP contribution in [0.15, 0.2) is 34.5 Å². The summed E-state index contributed by atoms with van der Waals surface area (Å²) in [6, 6.07) is 1.29. The van der Waals surface area contributed by atoms with Crippen LogP contribution >= 0.6 is 15.6 Å². The molecule has 0 aliphatic carbocycles. The Balaban J connectivity index is 0. The van der Waals surface area contributed by atoms with Crippen molar-refractivity contribution >= 4 is 32.6 Å². The average Bonchev–Trinajstić information content (AvgIpc) is 3.57. The van der Waals surface area contributed by atoms with Crippen molar-refractivity contribution in [1.29, 1.82) is 0 Å². The molecule has 0 radical (unpaired) electrons. The number of nitrogens with zero attached hydrogens (tertiary/aromatic N) is 5. The van der Waals surface area contributed by atoms with Crippen molar-refractivity contribution in [2.75, 3.05) is 18.9 Å². The van der Waals surface area contributed by atoms with Gasteiger partial charge in [-0.2, -0.15) is 4.98 Å². The summed E-state index contributed by atoms with van der Waals surface area (Å²) in [4.78, 5) is 71.4. The van der Waals surface area contributed by atoms with Gasteiger partial charge in [0.25, 0.3) is 5.56 Å². The Bertz CT molecular complexity index is 1690. The molecular formula is C22H40N7NaO16P2. The fourth-order valence-corrected chi connectivity index (χ4v) is 4.89. The zero-order valence-electron chi connectivity index (χ0n) is 23.9. The van der Waals surface area contributed by atoms with Crippen molar-refractivity contribution in [3.05, 3.63) is 45.8 Å². The average molecular weight is 744 g/mol. The van der Waals surface area contributed by atoms with E-state index in [2.05, 4.69) is 29.0 Å².